The van der Waals surface area contributed by atoms with Gasteiger partial charge >= 0.3 is 0 Å². The molecule has 4 nitrogen and oxygen atoms in total. The molecule has 0 saturated heterocycles. The number of hydrogen-bond acceptors (Lipinski definition) is 4. The zero-order valence-electron chi connectivity index (χ0n) is 12.8. The second kappa shape index (κ2) is 6.30. The average molecular weight is 326 g/mol. The molecule has 0 aliphatic heterocycles. The number of aromatic nitrogens is 2. The summed E-state index contributed by atoms with van der Waals surface area (Å²) in [5.41, 5.74) is 0.753. The third-order valence-electron chi connectivity index (χ3n) is 3.07. The lowest BCUT2D eigenvalue weighted by atomic mass is 9.92. The Kier molecular flexibility index (Phi) is 4.86. The van der Waals surface area contributed by atoms with Crippen molar-refractivity contribution in [2.24, 2.45) is 0 Å². The fourth-order valence-corrected chi connectivity index (χ4v) is 3.10. The summed E-state index contributed by atoms with van der Waals surface area (Å²) < 4.78 is 2.29. The molecule has 6 heteroatoms. The van der Waals surface area contributed by atoms with Crippen molar-refractivity contribution in [3.8, 4) is 0 Å². The molecule has 0 aliphatic carbocycles. The van der Waals surface area contributed by atoms with Crippen LogP contribution in [0.1, 0.15) is 31.3 Å². The quantitative estimate of drug-likeness (QED) is 0.865. The van der Waals surface area contributed by atoms with Crippen LogP contribution in [-0.2, 0) is 18.6 Å². The molecule has 0 atom stereocenters. The van der Waals surface area contributed by atoms with Crippen molar-refractivity contribution < 1.29 is 0 Å². The van der Waals surface area contributed by atoms with Gasteiger partial charge in [-0.05, 0) is 25.2 Å². The molecule has 0 aliphatic rings. The van der Waals surface area contributed by atoms with Gasteiger partial charge in [-0.25, -0.2) is 4.68 Å². The molecule has 114 valence electrons. The van der Waals surface area contributed by atoms with Crippen molar-refractivity contribution in [2.75, 3.05) is 7.05 Å². The molecule has 0 saturated carbocycles. The Morgan fingerprint density at radius 2 is 2.00 bits per heavy atom. The number of thiophene rings is 1. The Labute approximate surface area is 134 Å². The van der Waals surface area contributed by atoms with Gasteiger partial charge in [0.1, 0.15) is 0 Å². The first kappa shape index (κ1) is 16.2. The highest BCUT2D eigenvalue weighted by atomic mass is 35.5. The summed E-state index contributed by atoms with van der Waals surface area (Å²) in [5, 5.41) is 4.47. The summed E-state index contributed by atoms with van der Waals surface area (Å²) in [6.45, 7) is 7.45. The molecule has 2 heterocycles. The highest BCUT2D eigenvalue weighted by molar-refractivity contribution is 7.16. The van der Waals surface area contributed by atoms with Gasteiger partial charge in [-0.15, -0.1) is 11.3 Å². The number of rotatable bonds is 4. The number of halogens is 1. The predicted octanol–water partition coefficient (Wildman–Crippen LogP) is 3.35. The molecule has 2 aromatic heterocycles. The molecule has 0 unspecified atom stereocenters. The molecule has 21 heavy (non-hydrogen) atoms. The molecule has 2 aromatic rings. The lowest BCUT2D eigenvalue weighted by Gasteiger charge is -2.21. The van der Waals surface area contributed by atoms with Crippen LogP contribution in [0.15, 0.2) is 29.1 Å². The van der Waals surface area contributed by atoms with Crippen LogP contribution in [0.5, 0.6) is 0 Å². The van der Waals surface area contributed by atoms with Crippen LogP contribution in [0.2, 0.25) is 4.34 Å². The van der Waals surface area contributed by atoms with Crippen LogP contribution in [0.4, 0.5) is 0 Å². The van der Waals surface area contributed by atoms with Crippen LogP contribution < -0.4 is 5.56 Å². The Hall–Kier alpha value is -1.17. The van der Waals surface area contributed by atoms with Crippen LogP contribution in [0.3, 0.4) is 0 Å². The van der Waals surface area contributed by atoms with Gasteiger partial charge in [0.25, 0.3) is 5.56 Å². The molecule has 0 amide bonds. The van der Waals surface area contributed by atoms with Crippen molar-refractivity contribution in [1.29, 1.82) is 0 Å². The summed E-state index contributed by atoms with van der Waals surface area (Å²) in [5.74, 6) is 0. The highest BCUT2D eigenvalue weighted by Gasteiger charge is 2.17. The highest BCUT2D eigenvalue weighted by Crippen LogP contribution is 2.22. The van der Waals surface area contributed by atoms with Gasteiger partial charge in [0.05, 0.1) is 16.7 Å². The van der Waals surface area contributed by atoms with Gasteiger partial charge < -0.3 is 0 Å². The second-order valence-electron chi connectivity index (χ2n) is 6.17. The van der Waals surface area contributed by atoms with Crippen LogP contribution in [-0.4, -0.2) is 21.7 Å². The minimum Gasteiger partial charge on any atom is -0.282 e. The van der Waals surface area contributed by atoms with Gasteiger partial charge in [-0.1, -0.05) is 32.4 Å². The van der Waals surface area contributed by atoms with Crippen LogP contribution in [0.25, 0.3) is 0 Å². The van der Waals surface area contributed by atoms with Crippen molar-refractivity contribution >= 4 is 22.9 Å². The van der Waals surface area contributed by atoms with E-state index in [0.717, 1.165) is 16.6 Å². The van der Waals surface area contributed by atoms with E-state index >= 15 is 0 Å². The van der Waals surface area contributed by atoms with E-state index < -0.39 is 0 Å². The van der Waals surface area contributed by atoms with Crippen LogP contribution >= 0.6 is 22.9 Å². The lowest BCUT2D eigenvalue weighted by molar-refractivity contribution is 0.239. The summed E-state index contributed by atoms with van der Waals surface area (Å²) in [6, 6.07) is 7.28. The van der Waals surface area contributed by atoms with E-state index in [1.807, 2.05) is 24.1 Å². The van der Waals surface area contributed by atoms with E-state index in [-0.39, 0.29) is 11.0 Å². The van der Waals surface area contributed by atoms with E-state index in [2.05, 4.69) is 25.9 Å². The van der Waals surface area contributed by atoms with Crippen LogP contribution in [0, 0.1) is 0 Å². The van der Waals surface area contributed by atoms with Crippen molar-refractivity contribution in [2.45, 2.75) is 39.4 Å². The minimum absolute atomic E-state index is 0.0741. The maximum atomic E-state index is 11.9. The predicted molar refractivity (Wildman–Crippen MR) is 88.0 cm³/mol. The van der Waals surface area contributed by atoms with Gasteiger partial charge in [0.15, 0.2) is 0 Å². The first-order valence-electron chi connectivity index (χ1n) is 6.77. The molecule has 2 rings (SSSR count). The molecular formula is C15H20ClN3OS. The average Bonchev–Trinajstić information content (AvgIpc) is 2.76. The van der Waals surface area contributed by atoms with Crippen molar-refractivity contribution in [1.82, 2.24) is 14.7 Å². The molecule has 0 spiro atoms. The molecule has 0 fully saturated rings. The fraction of sp³-hybridized carbons (Fsp3) is 0.467. The Balaban J connectivity index is 2.13. The number of nitrogens with zero attached hydrogens (tertiary/aromatic N) is 3. The fourth-order valence-electron chi connectivity index (χ4n) is 1.93. The van der Waals surface area contributed by atoms with Gasteiger partial charge in [-0.2, -0.15) is 5.10 Å². The summed E-state index contributed by atoms with van der Waals surface area (Å²) in [6.07, 6.45) is 0. The van der Waals surface area contributed by atoms with E-state index in [4.69, 9.17) is 11.6 Å². The molecule has 0 N–H and O–H groups in total. The third kappa shape index (κ3) is 4.40. The number of hydrogen-bond donors (Lipinski definition) is 0. The molecule has 0 bridgehead atoms. The monoisotopic (exact) mass is 325 g/mol. The van der Waals surface area contributed by atoms with E-state index in [0.29, 0.717) is 6.67 Å². The van der Waals surface area contributed by atoms with E-state index in [1.54, 1.807) is 23.5 Å². The van der Waals surface area contributed by atoms with E-state index in [1.165, 1.54) is 9.56 Å². The van der Waals surface area contributed by atoms with E-state index in [9.17, 15) is 4.79 Å². The Morgan fingerprint density at radius 3 is 2.57 bits per heavy atom. The Morgan fingerprint density at radius 1 is 1.29 bits per heavy atom. The Bertz CT molecular complexity index is 672. The maximum absolute atomic E-state index is 11.9. The topological polar surface area (TPSA) is 38.1 Å². The smallest absolute Gasteiger partial charge is 0.267 e. The maximum Gasteiger partial charge on any atom is 0.267 e. The van der Waals surface area contributed by atoms with Crippen molar-refractivity contribution in [3.63, 3.8) is 0 Å². The standard InChI is InChI=1S/C15H20ClN3OS/c1-15(2,3)12-6-8-14(20)19(17-12)10-18(4)9-11-5-7-13(16)21-11/h5-8H,9-10H2,1-4H3. The third-order valence-corrected chi connectivity index (χ3v) is 4.28. The van der Waals surface area contributed by atoms with Gasteiger partial charge in [0, 0.05) is 22.9 Å². The first-order valence-corrected chi connectivity index (χ1v) is 7.96. The molecule has 0 radical (unpaired) electrons. The second-order valence-corrected chi connectivity index (χ2v) is 7.97. The summed E-state index contributed by atoms with van der Waals surface area (Å²) >= 11 is 7.49. The van der Waals surface area contributed by atoms with Crippen molar-refractivity contribution in [3.05, 3.63) is 49.5 Å². The normalized spacial score (nSPS) is 12.1. The van der Waals surface area contributed by atoms with Gasteiger partial charge in [0.2, 0.25) is 0 Å². The zero-order chi connectivity index (χ0) is 15.6. The van der Waals surface area contributed by atoms with Gasteiger partial charge in [-0.3, -0.25) is 9.69 Å². The molecule has 0 aromatic carbocycles. The molecular weight excluding hydrogens is 306 g/mol. The SMILES string of the molecule is CN(Cc1ccc(Cl)s1)Cn1nc(C(C)(C)C)ccc1=O. The minimum atomic E-state index is -0.0842. The first-order chi connectivity index (χ1) is 9.75. The largest absolute Gasteiger partial charge is 0.282 e. The summed E-state index contributed by atoms with van der Waals surface area (Å²) in [4.78, 5) is 15.2. The summed E-state index contributed by atoms with van der Waals surface area (Å²) in [7, 11) is 1.96. The lowest BCUT2D eigenvalue weighted by Crippen LogP contribution is -2.33. The zero-order valence-corrected chi connectivity index (χ0v) is 14.3.